The molecule has 0 saturated carbocycles. The van der Waals surface area contributed by atoms with E-state index >= 15 is 0 Å². The van der Waals surface area contributed by atoms with Crippen LogP contribution in [0.3, 0.4) is 0 Å². The van der Waals surface area contributed by atoms with Crippen molar-refractivity contribution in [1.82, 2.24) is 0 Å². The molecule has 0 saturated heterocycles. The minimum atomic E-state index is 0.260. The Kier molecular flexibility index (Phi) is 2.35. The van der Waals surface area contributed by atoms with Gasteiger partial charge < -0.3 is 5.73 Å². The molecular formula is C11H15NS. The van der Waals surface area contributed by atoms with Gasteiger partial charge in [-0.2, -0.15) is 0 Å². The van der Waals surface area contributed by atoms with Gasteiger partial charge in [-0.3, -0.25) is 0 Å². The SMILES string of the molecule is Cc1cc2c(cc1C)C(N)CCS2. The molecule has 0 spiro atoms. The Labute approximate surface area is 83.7 Å². The van der Waals surface area contributed by atoms with Crippen LogP contribution in [0.4, 0.5) is 0 Å². The van der Waals surface area contributed by atoms with Crippen molar-refractivity contribution >= 4 is 11.8 Å². The molecule has 13 heavy (non-hydrogen) atoms. The second-order valence-corrected chi connectivity index (χ2v) is 4.85. The number of hydrogen-bond acceptors (Lipinski definition) is 2. The van der Waals surface area contributed by atoms with Crippen LogP contribution in [0.2, 0.25) is 0 Å². The standard InChI is InChI=1S/C11H15NS/c1-7-5-9-10(12)3-4-13-11(9)6-8(7)2/h5-6,10H,3-4,12H2,1-2H3. The number of fused-ring (bicyclic) bond motifs is 1. The first kappa shape index (κ1) is 9.10. The lowest BCUT2D eigenvalue weighted by Crippen LogP contribution is -2.16. The molecule has 0 radical (unpaired) electrons. The predicted molar refractivity (Wildman–Crippen MR) is 58.2 cm³/mol. The highest BCUT2D eigenvalue weighted by atomic mass is 32.2. The Hall–Kier alpha value is -0.470. The molecule has 2 rings (SSSR count). The summed E-state index contributed by atoms with van der Waals surface area (Å²) in [4.78, 5) is 1.39. The second kappa shape index (κ2) is 3.35. The maximum Gasteiger partial charge on any atom is 0.0314 e. The van der Waals surface area contributed by atoms with Gasteiger partial charge in [-0.25, -0.2) is 0 Å². The van der Waals surface area contributed by atoms with E-state index in [1.165, 1.54) is 21.6 Å². The first-order chi connectivity index (χ1) is 6.18. The van der Waals surface area contributed by atoms with E-state index < -0.39 is 0 Å². The van der Waals surface area contributed by atoms with Crippen LogP contribution in [0.25, 0.3) is 0 Å². The molecule has 0 amide bonds. The van der Waals surface area contributed by atoms with Crippen LogP contribution < -0.4 is 5.73 Å². The fourth-order valence-electron chi connectivity index (χ4n) is 1.68. The van der Waals surface area contributed by atoms with Gasteiger partial charge in [-0.15, -0.1) is 11.8 Å². The molecular weight excluding hydrogens is 178 g/mol. The smallest absolute Gasteiger partial charge is 0.0314 e. The van der Waals surface area contributed by atoms with Crippen molar-refractivity contribution in [3.8, 4) is 0 Å². The van der Waals surface area contributed by atoms with Crippen molar-refractivity contribution in [2.45, 2.75) is 31.2 Å². The van der Waals surface area contributed by atoms with E-state index in [0.29, 0.717) is 0 Å². The van der Waals surface area contributed by atoms with Crippen molar-refractivity contribution in [3.63, 3.8) is 0 Å². The summed E-state index contributed by atoms with van der Waals surface area (Å²) in [7, 11) is 0. The number of rotatable bonds is 0. The summed E-state index contributed by atoms with van der Waals surface area (Å²) < 4.78 is 0. The molecule has 0 bridgehead atoms. The van der Waals surface area contributed by atoms with Crippen molar-refractivity contribution in [1.29, 1.82) is 0 Å². The van der Waals surface area contributed by atoms with Crippen molar-refractivity contribution in [2.24, 2.45) is 5.73 Å². The Bertz CT molecular complexity index is 333. The number of nitrogens with two attached hydrogens (primary N) is 1. The van der Waals surface area contributed by atoms with Gasteiger partial charge in [0.05, 0.1) is 0 Å². The molecule has 0 aliphatic carbocycles. The number of aryl methyl sites for hydroxylation is 2. The Morgan fingerprint density at radius 1 is 1.31 bits per heavy atom. The van der Waals surface area contributed by atoms with Crippen LogP contribution in [0.5, 0.6) is 0 Å². The predicted octanol–water partition coefficient (Wildman–Crippen LogP) is 2.80. The summed E-state index contributed by atoms with van der Waals surface area (Å²) in [6.45, 7) is 4.32. The molecule has 70 valence electrons. The van der Waals surface area contributed by atoms with E-state index in [1.54, 1.807) is 0 Å². The van der Waals surface area contributed by atoms with E-state index in [-0.39, 0.29) is 6.04 Å². The van der Waals surface area contributed by atoms with Gasteiger partial charge in [-0.05, 0) is 48.8 Å². The highest BCUT2D eigenvalue weighted by Gasteiger charge is 2.17. The molecule has 1 aliphatic heterocycles. The zero-order valence-electron chi connectivity index (χ0n) is 8.13. The third-order valence-corrected chi connectivity index (χ3v) is 3.82. The minimum absolute atomic E-state index is 0.260. The normalized spacial score (nSPS) is 21.3. The summed E-state index contributed by atoms with van der Waals surface area (Å²) in [5.74, 6) is 1.16. The third kappa shape index (κ3) is 1.61. The quantitative estimate of drug-likeness (QED) is 0.685. The first-order valence-corrected chi connectivity index (χ1v) is 5.66. The van der Waals surface area contributed by atoms with Gasteiger partial charge >= 0.3 is 0 Å². The molecule has 1 nitrogen and oxygen atoms in total. The summed E-state index contributed by atoms with van der Waals surface area (Å²) >= 11 is 1.94. The average Bonchev–Trinajstić information content (AvgIpc) is 2.09. The summed E-state index contributed by atoms with van der Waals surface area (Å²) in [5.41, 5.74) is 10.1. The zero-order valence-corrected chi connectivity index (χ0v) is 8.95. The Morgan fingerprint density at radius 3 is 2.77 bits per heavy atom. The molecule has 1 atom stereocenters. The van der Waals surface area contributed by atoms with Gasteiger partial charge in [-0.1, -0.05) is 6.07 Å². The van der Waals surface area contributed by atoms with Crippen molar-refractivity contribution in [2.75, 3.05) is 5.75 Å². The van der Waals surface area contributed by atoms with Crippen LogP contribution in [-0.2, 0) is 0 Å². The maximum absolute atomic E-state index is 6.05. The third-order valence-electron chi connectivity index (χ3n) is 2.71. The van der Waals surface area contributed by atoms with E-state index in [2.05, 4.69) is 26.0 Å². The van der Waals surface area contributed by atoms with Crippen molar-refractivity contribution in [3.05, 3.63) is 28.8 Å². The number of benzene rings is 1. The average molecular weight is 193 g/mol. The van der Waals surface area contributed by atoms with Gasteiger partial charge in [0.2, 0.25) is 0 Å². The number of hydrogen-bond donors (Lipinski definition) is 1. The first-order valence-electron chi connectivity index (χ1n) is 4.68. The van der Waals surface area contributed by atoms with Crippen molar-refractivity contribution < 1.29 is 0 Å². The van der Waals surface area contributed by atoms with Crippen LogP contribution in [-0.4, -0.2) is 5.75 Å². The summed E-state index contributed by atoms with van der Waals surface area (Å²) in [6.07, 6.45) is 1.11. The highest BCUT2D eigenvalue weighted by molar-refractivity contribution is 7.99. The lowest BCUT2D eigenvalue weighted by Gasteiger charge is -2.22. The van der Waals surface area contributed by atoms with Crippen LogP contribution in [0, 0.1) is 13.8 Å². The topological polar surface area (TPSA) is 26.0 Å². The molecule has 0 fully saturated rings. The largest absolute Gasteiger partial charge is 0.324 e. The molecule has 1 unspecified atom stereocenters. The van der Waals surface area contributed by atoms with Crippen LogP contribution in [0.15, 0.2) is 17.0 Å². The highest BCUT2D eigenvalue weighted by Crippen LogP contribution is 2.36. The van der Waals surface area contributed by atoms with Crippen LogP contribution >= 0.6 is 11.8 Å². The molecule has 2 heteroatoms. The Morgan fingerprint density at radius 2 is 2.00 bits per heavy atom. The zero-order chi connectivity index (χ0) is 9.42. The maximum atomic E-state index is 6.05. The van der Waals surface area contributed by atoms with Gasteiger partial charge in [0.1, 0.15) is 0 Å². The lowest BCUT2D eigenvalue weighted by atomic mass is 9.99. The van der Waals surface area contributed by atoms with E-state index in [0.717, 1.165) is 12.2 Å². The van der Waals surface area contributed by atoms with Gasteiger partial charge in [0.25, 0.3) is 0 Å². The van der Waals surface area contributed by atoms with E-state index in [1.807, 2.05) is 11.8 Å². The molecule has 2 N–H and O–H groups in total. The lowest BCUT2D eigenvalue weighted by molar-refractivity contribution is 0.679. The molecule has 0 aromatic heterocycles. The van der Waals surface area contributed by atoms with Gasteiger partial charge in [0, 0.05) is 10.9 Å². The summed E-state index contributed by atoms with van der Waals surface area (Å²) in [5, 5.41) is 0. The molecule has 1 heterocycles. The summed E-state index contributed by atoms with van der Waals surface area (Å²) in [6, 6.07) is 4.78. The Balaban J connectivity index is 2.52. The van der Waals surface area contributed by atoms with E-state index in [4.69, 9.17) is 5.73 Å². The van der Waals surface area contributed by atoms with Crippen LogP contribution in [0.1, 0.15) is 29.2 Å². The molecule has 1 aromatic carbocycles. The molecule has 1 aromatic rings. The van der Waals surface area contributed by atoms with E-state index in [9.17, 15) is 0 Å². The minimum Gasteiger partial charge on any atom is -0.324 e. The fourth-order valence-corrected chi connectivity index (χ4v) is 2.91. The molecule has 1 aliphatic rings. The second-order valence-electron chi connectivity index (χ2n) is 3.72. The monoisotopic (exact) mass is 193 g/mol. The fraction of sp³-hybridized carbons (Fsp3) is 0.455. The number of thioether (sulfide) groups is 1. The van der Waals surface area contributed by atoms with Gasteiger partial charge in [0.15, 0.2) is 0 Å².